The van der Waals surface area contributed by atoms with Gasteiger partial charge >= 0.3 is 0 Å². The summed E-state index contributed by atoms with van der Waals surface area (Å²) in [6, 6.07) is 9.87. The minimum Gasteiger partial charge on any atom is -0.497 e. The molecular formula is C17H20N2O3S. The molecule has 0 saturated carbocycles. The Balaban J connectivity index is 1.66. The number of ether oxygens (including phenoxy) is 2. The molecule has 0 unspecified atom stereocenters. The number of methoxy groups -OCH3 is 1. The zero-order valence-corrected chi connectivity index (χ0v) is 13.8. The number of benzene rings is 1. The number of amides is 1. The van der Waals surface area contributed by atoms with Crippen LogP contribution in [0.2, 0.25) is 0 Å². The third kappa shape index (κ3) is 3.90. The molecule has 1 aliphatic heterocycles. The van der Waals surface area contributed by atoms with Crippen LogP contribution in [0.4, 0.5) is 0 Å². The standard InChI is InChI=1S/C17H20N2O3S/c1-21-14-4-2-3-12(7-14)16-10-19(5-6-22-16)9-15-8-13(11-23-15)17(18)20/h2-4,7-8,11,16H,5-6,9-10H2,1H3,(H2,18,20)/t16-/m1/s1. The van der Waals surface area contributed by atoms with E-state index in [1.165, 1.54) is 0 Å². The first-order chi connectivity index (χ1) is 11.2. The molecule has 0 radical (unpaired) electrons. The molecule has 2 heterocycles. The molecule has 1 aromatic carbocycles. The van der Waals surface area contributed by atoms with Gasteiger partial charge in [0.1, 0.15) is 5.75 Å². The molecule has 0 spiro atoms. The Morgan fingerprint density at radius 2 is 2.35 bits per heavy atom. The third-order valence-corrected chi connectivity index (χ3v) is 4.86. The summed E-state index contributed by atoms with van der Waals surface area (Å²) in [7, 11) is 1.67. The van der Waals surface area contributed by atoms with Crippen LogP contribution in [0.25, 0.3) is 0 Å². The lowest BCUT2D eigenvalue weighted by atomic mass is 10.1. The van der Waals surface area contributed by atoms with E-state index in [4.69, 9.17) is 15.2 Å². The first-order valence-electron chi connectivity index (χ1n) is 7.51. The van der Waals surface area contributed by atoms with Gasteiger partial charge in [0.2, 0.25) is 5.91 Å². The van der Waals surface area contributed by atoms with Crippen LogP contribution in [-0.2, 0) is 11.3 Å². The summed E-state index contributed by atoms with van der Waals surface area (Å²) in [5.41, 5.74) is 7.02. The number of primary amides is 1. The van der Waals surface area contributed by atoms with Gasteiger partial charge in [-0.15, -0.1) is 11.3 Å². The fraction of sp³-hybridized carbons (Fsp3) is 0.353. The topological polar surface area (TPSA) is 64.8 Å². The average Bonchev–Trinajstić information content (AvgIpc) is 3.04. The maximum Gasteiger partial charge on any atom is 0.249 e. The zero-order valence-electron chi connectivity index (χ0n) is 13.0. The summed E-state index contributed by atoms with van der Waals surface area (Å²) in [6.07, 6.45) is 0.0365. The van der Waals surface area contributed by atoms with Gasteiger partial charge in [-0.25, -0.2) is 0 Å². The van der Waals surface area contributed by atoms with Gasteiger partial charge in [-0.3, -0.25) is 9.69 Å². The van der Waals surface area contributed by atoms with Crippen LogP contribution >= 0.6 is 11.3 Å². The van der Waals surface area contributed by atoms with Crippen LogP contribution in [0, 0.1) is 0 Å². The Morgan fingerprint density at radius 1 is 1.48 bits per heavy atom. The van der Waals surface area contributed by atoms with Crippen molar-refractivity contribution in [2.75, 3.05) is 26.8 Å². The highest BCUT2D eigenvalue weighted by atomic mass is 32.1. The lowest BCUT2D eigenvalue weighted by molar-refractivity contribution is -0.0327. The number of morpholine rings is 1. The molecule has 1 aliphatic rings. The second-order valence-electron chi connectivity index (χ2n) is 5.54. The number of thiophene rings is 1. The molecule has 3 rings (SSSR count). The fourth-order valence-electron chi connectivity index (χ4n) is 2.70. The van der Waals surface area contributed by atoms with E-state index in [2.05, 4.69) is 11.0 Å². The molecular weight excluding hydrogens is 312 g/mol. The van der Waals surface area contributed by atoms with Gasteiger partial charge in [-0.1, -0.05) is 12.1 Å². The van der Waals surface area contributed by atoms with Crippen LogP contribution in [-0.4, -0.2) is 37.6 Å². The Morgan fingerprint density at radius 3 is 3.09 bits per heavy atom. The van der Waals surface area contributed by atoms with Crippen molar-refractivity contribution in [1.82, 2.24) is 4.90 Å². The van der Waals surface area contributed by atoms with Crippen molar-refractivity contribution in [2.45, 2.75) is 12.6 Å². The Kier molecular flexibility index (Phi) is 4.95. The molecule has 1 fully saturated rings. The molecule has 5 nitrogen and oxygen atoms in total. The van der Waals surface area contributed by atoms with Crippen LogP contribution in [0.1, 0.15) is 26.9 Å². The molecule has 23 heavy (non-hydrogen) atoms. The monoisotopic (exact) mass is 332 g/mol. The summed E-state index contributed by atoms with van der Waals surface area (Å²) in [5, 5.41) is 1.82. The van der Waals surface area contributed by atoms with E-state index >= 15 is 0 Å². The maximum atomic E-state index is 11.2. The predicted octanol–water partition coefficient (Wildman–Crippen LogP) is 2.43. The van der Waals surface area contributed by atoms with E-state index < -0.39 is 0 Å². The minimum atomic E-state index is -0.372. The molecule has 2 N–H and O–H groups in total. The largest absolute Gasteiger partial charge is 0.497 e. The number of rotatable bonds is 5. The SMILES string of the molecule is COc1cccc([C@H]2CN(Cc3cc(C(N)=O)cs3)CCO2)c1. The van der Waals surface area contributed by atoms with E-state index in [0.29, 0.717) is 12.2 Å². The van der Waals surface area contributed by atoms with Crippen molar-refractivity contribution in [1.29, 1.82) is 0 Å². The Hall–Kier alpha value is -1.89. The molecule has 1 saturated heterocycles. The molecule has 1 aromatic heterocycles. The molecule has 0 aliphatic carbocycles. The lowest BCUT2D eigenvalue weighted by Crippen LogP contribution is -2.37. The number of nitrogens with zero attached hydrogens (tertiary/aromatic N) is 1. The molecule has 6 heteroatoms. The quantitative estimate of drug-likeness (QED) is 0.913. The van der Waals surface area contributed by atoms with Crippen molar-refractivity contribution in [2.24, 2.45) is 5.73 Å². The highest BCUT2D eigenvalue weighted by molar-refractivity contribution is 7.10. The van der Waals surface area contributed by atoms with E-state index in [9.17, 15) is 4.79 Å². The van der Waals surface area contributed by atoms with Crippen molar-refractivity contribution < 1.29 is 14.3 Å². The molecule has 2 aromatic rings. The molecule has 0 bridgehead atoms. The van der Waals surface area contributed by atoms with Gasteiger partial charge in [0, 0.05) is 29.9 Å². The van der Waals surface area contributed by atoms with Crippen molar-refractivity contribution in [3.63, 3.8) is 0 Å². The average molecular weight is 332 g/mol. The first-order valence-corrected chi connectivity index (χ1v) is 8.39. The first kappa shape index (κ1) is 16.0. The smallest absolute Gasteiger partial charge is 0.249 e. The van der Waals surface area contributed by atoms with Crippen LogP contribution < -0.4 is 10.5 Å². The second kappa shape index (κ2) is 7.12. The maximum absolute atomic E-state index is 11.2. The molecule has 1 atom stereocenters. The Labute approximate surface area is 139 Å². The zero-order chi connectivity index (χ0) is 16.2. The normalized spacial score (nSPS) is 18.7. The van der Waals surface area contributed by atoms with Crippen LogP contribution in [0.3, 0.4) is 0 Å². The predicted molar refractivity (Wildman–Crippen MR) is 89.8 cm³/mol. The number of hydrogen-bond acceptors (Lipinski definition) is 5. The second-order valence-corrected chi connectivity index (χ2v) is 6.53. The van der Waals surface area contributed by atoms with Crippen molar-refractivity contribution in [3.8, 4) is 5.75 Å². The van der Waals surface area contributed by atoms with E-state index in [1.54, 1.807) is 18.4 Å². The number of nitrogens with two attached hydrogens (primary N) is 1. The number of carbonyl (C=O) groups is 1. The van der Waals surface area contributed by atoms with E-state index in [-0.39, 0.29) is 12.0 Å². The van der Waals surface area contributed by atoms with Gasteiger partial charge < -0.3 is 15.2 Å². The number of hydrogen-bond donors (Lipinski definition) is 1. The Bertz CT molecular complexity index is 686. The van der Waals surface area contributed by atoms with Crippen LogP contribution in [0.15, 0.2) is 35.7 Å². The highest BCUT2D eigenvalue weighted by Gasteiger charge is 2.23. The van der Waals surface area contributed by atoms with Crippen molar-refractivity contribution in [3.05, 3.63) is 51.7 Å². The fourth-order valence-corrected chi connectivity index (χ4v) is 3.62. The van der Waals surface area contributed by atoms with Gasteiger partial charge in [0.15, 0.2) is 0 Å². The number of carbonyl (C=O) groups excluding carboxylic acids is 1. The van der Waals surface area contributed by atoms with Crippen LogP contribution in [0.5, 0.6) is 5.75 Å². The minimum absolute atomic E-state index is 0.0365. The summed E-state index contributed by atoms with van der Waals surface area (Å²) in [5.74, 6) is 0.469. The van der Waals surface area contributed by atoms with Gasteiger partial charge in [0.05, 0.1) is 25.4 Å². The summed E-state index contributed by atoms with van der Waals surface area (Å²) in [6.45, 7) is 3.19. The third-order valence-electron chi connectivity index (χ3n) is 3.93. The van der Waals surface area contributed by atoms with Gasteiger partial charge in [-0.2, -0.15) is 0 Å². The summed E-state index contributed by atoms with van der Waals surface area (Å²) >= 11 is 1.57. The lowest BCUT2D eigenvalue weighted by Gasteiger charge is -2.33. The van der Waals surface area contributed by atoms with Gasteiger partial charge in [-0.05, 0) is 23.8 Å². The summed E-state index contributed by atoms with van der Waals surface area (Å²) in [4.78, 5) is 14.7. The van der Waals surface area contributed by atoms with E-state index in [1.807, 2.05) is 29.6 Å². The van der Waals surface area contributed by atoms with Crippen molar-refractivity contribution >= 4 is 17.2 Å². The highest BCUT2D eigenvalue weighted by Crippen LogP contribution is 2.27. The molecule has 122 valence electrons. The van der Waals surface area contributed by atoms with Gasteiger partial charge in [0.25, 0.3) is 0 Å². The molecule has 1 amide bonds. The van der Waals surface area contributed by atoms with E-state index in [0.717, 1.165) is 35.8 Å². The summed E-state index contributed by atoms with van der Waals surface area (Å²) < 4.78 is 11.2.